The van der Waals surface area contributed by atoms with Gasteiger partial charge in [0.2, 0.25) is 5.91 Å². The number of amides is 1. The first-order valence-electron chi connectivity index (χ1n) is 10.6. The molecular formula is C22H34Cl2N4O3. The third-order valence-electron chi connectivity index (χ3n) is 6.07. The van der Waals surface area contributed by atoms with E-state index in [1.807, 2.05) is 36.1 Å². The summed E-state index contributed by atoms with van der Waals surface area (Å²) in [4.78, 5) is 28.9. The van der Waals surface area contributed by atoms with Crippen LogP contribution in [0.5, 0.6) is 0 Å². The van der Waals surface area contributed by atoms with Crippen LogP contribution in [0.25, 0.3) is 0 Å². The molecule has 0 aliphatic carbocycles. The Balaban J connectivity index is 0.00000240. The topological polar surface area (TPSA) is 99.7 Å². The van der Waals surface area contributed by atoms with Gasteiger partial charge in [-0.3, -0.25) is 15.0 Å². The molecule has 0 bridgehead atoms. The summed E-state index contributed by atoms with van der Waals surface area (Å²) in [5, 5.41) is 7.48. The predicted octanol–water partition coefficient (Wildman–Crippen LogP) is 3.22. The number of carbonyl (C=O) groups is 2. The van der Waals surface area contributed by atoms with Crippen LogP contribution in [0.3, 0.4) is 0 Å². The summed E-state index contributed by atoms with van der Waals surface area (Å²) in [6.45, 7) is 5.46. The Bertz CT molecular complexity index is 729. The molecule has 9 heteroatoms. The first-order chi connectivity index (χ1) is 14.0. The predicted molar refractivity (Wildman–Crippen MR) is 127 cm³/mol. The van der Waals surface area contributed by atoms with Crippen LogP contribution in [0.15, 0.2) is 24.3 Å². The van der Waals surface area contributed by atoms with Gasteiger partial charge in [0.25, 0.3) is 0 Å². The van der Waals surface area contributed by atoms with Crippen LogP contribution in [0, 0.1) is 17.2 Å². The van der Waals surface area contributed by atoms with E-state index in [0.29, 0.717) is 18.9 Å². The van der Waals surface area contributed by atoms with Gasteiger partial charge < -0.3 is 20.3 Å². The maximum atomic E-state index is 12.9. The summed E-state index contributed by atoms with van der Waals surface area (Å²) in [6, 6.07) is 7.73. The fraction of sp³-hybridized carbons (Fsp3) is 0.591. The number of benzene rings is 1. The Morgan fingerprint density at radius 2 is 1.61 bits per heavy atom. The van der Waals surface area contributed by atoms with Crippen LogP contribution in [-0.2, 0) is 14.3 Å². The molecule has 31 heavy (non-hydrogen) atoms. The van der Waals surface area contributed by atoms with Crippen molar-refractivity contribution < 1.29 is 14.3 Å². The number of rotatable bonds is 6. The van der Waals surface area contributed by atoms with Crippen LogP contribution >= 0.6 is 24.8 Å². The average molecular weight is 473 g/mol. The standard InChI is InChI=1S/C22H32N4O3.2ClH/c1-2-29-20(27)15-16-7-11-26(12-8-16)22(28)18-9-13-25(14-10-18)19-5-3-17(4-6-19)21(23)24;;/h3-6,16,18H,2,7-15H2,1H3,(H3,23,24);2*1H. The van der Waals surface area contributed by atoms with Crippen LogP contribution in [-0.4, -0.2) is 55.4 Å². The van der Waals surface area contributed by atoms with E-state index in [-0.39, 0.29) is 48.4 Å². The number of hydrogen-bond acceptors (Lipinski definition) is 5. The van der Waals surface area contributed by atoms with E-state index in [9.17, 15) is 9.59 Å². The molecule has 2 saturated heterocycles. The average Bonchev–Trinajstić information content (AvgIpc) is 2.74. The number of likely N-dealkylation sites (tertiary alicyclic amines) is 1. The summed E-state index contributed by atoms with van der Waals surface area (Å²) in [6.07, 6.45) is 3.95. The van der Waals surface area contributed by atoms with E-state index < -0.39 is 0 Å². The number of carbonyl (C=O) groups excluding carboxylic acids is 2. The molecule has 0 aromatic heterocycles. The van der Waals surface area contributed by atoms with Gasteiger partial charge in [-0.05, 0) is 62.8 Å². The molecule has 1 amide bonds. The lowest BCUT2D eigenvalue weighted by molar-refractivity contribution is -0.144. The Morgan fingerprint density at radius 1 is 1.03 bits per heavy atom. The van der Waals surface area contributed by atoms with Crippen molar-refractivity contribution in [2.24, 2.45) is 17.6 Å². The minimum absolute atomic E-state index is 0. The summed E-state index contributed by atoms with van der Waals surface area (Å²) in [5.74, 6) is 0.640. The van der Waals surface area contributed by atoms with E-state index in [2.05, 4.69) is 4.90 Å². The molecule has 2 aliphatic rings. The molecule has 2 aliphatic heterocycles. The van der Waals surface area contributed by atoms with Crippen molar-refractivity contribution in [3.63, 3.8) is 0 Å². The van der Waals surface area contributed by atoms with E-state index in [1.165, 1.54) is 0 Å². The zero-order valence-corrected chi connectivity index (χ0v) is 19.7. The van der Waals surface area contributed by atoms with Gasteiger partial charge in [-0.15, -0.1) is 24.8 Å². The third-order valence-corrected chi connectivity index (χ3v) is 6.07. The second-order valence-corrected chi connectivity index (χ2v) is 8.00. The second-order valence-electron chi connectivity index (χ2n) is 8.00. The van der Waals surface area contributed by atoms with Crippen molar-refractivity contribution in [1.29, 1.82) is 5.41 Å². The van der Waals surface area contributed by atoms with Gasteiger partial charge in [0.05, 0.1) is 6.61 Å². The van der Waals surface area contributed by atoms with Gasteiger partial charge in [0, 0.05) is 49.8 Å². The normalized spacial score (nSPS) is 17.3. The number of halogens is 2. The van der Waals surface area contributed by atoms with Gasteiger partial charge in [-0.1, -0.05) is 0 Å². The highest BCUT2D eigenvalue weighted by Crippen LogP contribution is 2.27. The quantitative estimate of drug-likeness (QED) is 0.376. The molecular weight excluding hydrogens is 439 g/mol. The van der Waals surface area contributed by atoms with Gasteiger partial charge >= 0.3 is 5.97 Å². The Labute approximate surface area is 197 Å². The largest absolute Gasteiger partial charge is 0.466 e. The van der Waals surface area contributed by atoms with E-state index >= 15 is 0 Å². The molecule has 2 heterocycles. The van der Waals surface area contributed by atoms with Gasteiger partial charge in [0.15, 0.2) is 0 Å². The first-order valence-corrected chi connectivity index (χ1v) is 10.6. The van der Waals surface area contributed by atoms with Crippen molar-refractivity contribution >= 4 is 48.2 Å². The smallest absolute Gasteiger partial charge is 0.306 e. The molecule has 0 saturated carbocycles. The Hall–Kier alpha value is -1.99. The highest BCUT2D eigenvalue weighted by atomic mass is 35.5. The molecule has 174 valence electrons. The summed E-state index contributed by atoms with van der Waals surface area (Å²) in [5.41, 5.74) is 7.35. The molecule has 2 fully saturated rings. The minimum atomic E-state index is -0.124. The zero-order chi connectivity index (χ0) is 20.8. The van der Waals surface area contributed by atoms with Crippen molar-refractivity contribution in [2.75, 3.05) is 37.7 Å². The molecule has 1 aromatic rings. The maximum absolute atomic E-state index is 12.9. The van der Waals surface area contributed by atoms with Crippen molar-refractivity contribution in [3.05, 3.63) is 29.8 Å². The van der Waals surface area contributed by atoms with E-state index in [0.717, 1.165) is 63.1 Å². The monoisotopic (exact) mass is 472 g/mol. The second kappa shape index (κ2) is 12.8. The fourth-order valence-electron chi connectivity index (χ4n) is 4.31. The van der Waals surface area contributed by atoms with Crippen LogP contribution in [0.4, 0.5) is 5.69 Å². The maximum Gasteiger partial charge on any atom is 0.306 e. The lowest BCUT2D eigenvalue weighted by atomic mass is 9.90. The highest BCUT2D eigenvalue weighted by molar-refractivity contribution is 5.95. The number of esters is 1. The SMILES string of the molecule is CCOC(=O)CC1CCN(C(=O)C2CCN(c3ccc(C(=N)N)cc3)CC2)CC1.Cl.Cl. The number of amidine groups is 1. The summed E-state index contributed by atoms with van der Waals surface area (Å²) < 4.78 is 5.04. The zero-order valence-electron chi connectivity index (χ0n) is 18.0. The molecule has 3 rings (SSSR count). The highest BCUT2D eigenvalue weighted by Gasteiger charge is 2.31. The number of ether oxygens (including phenoxy) is 1. The number of nitrogen functional groups attached to an aromatic ring is 1. The number of anilines is 1. The minimum Gasteiger partial charge on any atom is -0.466 e. The van der Waals surface area contributed by atoms with Crippen LogP contribution in [0.2, 0.25) is 0 Å². The summed E-state index contributed by atoms with van der Waals surface area (Å²) >= 11 is 0. The van der Waals surface area contributed by atoms with Crippen molar-refractivity contribution in [2.45, 2.75) is 39.0 Å². The van der Waals surface area contributed by atoms with Crippen molar-refractivity contribution in [1.82, 2.24) is 4.90 Å². The Kier molecular flexibility index (Phi) is 11.1. The number of hydrogen-bond donors (Lipinski definition) is 2. The fourth-order valence-corrected chi connectivity index (χ4v) is 4.31. The van der Waals surface area contributed by atoms with E-state index in [1.54, 1.807) is 0 Å². The number of nitrogens with two attached hydrogens (primary N) is 1. The number of piperidine rings is 2. The van der Waals surface area contributed by atoms with E-state index in [4.69, 9.17) is 15.9 Å². The number of nitrogens with zero attached hydrogens (tertiary/aromatic N) is 2. The molecule has 3 N–H and O–H groups in total. The molecule has 0 radical (unpaired) electrons. The molecule has 1 aromatic carbocycles. The van der Waals surface area contributed by atoms with Gasteiger partial charge in [0.1, 0.15) is 5.84 Å². The lowest BCUT2D eigenvalue weighted by Gasteiger charge is -2.38. The van der Waals surface area contributed by atoms with Gasteiger partial charge in [-0.25, -0.2) is 0 Å². The van der Waals surface area contributed by atoms with Gasteiger partial charge in [-0.2, -0.15) is 0 Å². The first kappa shape index (κ1) is 27.0. The number of nitrogens with one attached hydrogen (secondary N) is 1. The Morgan fingerprint density at radius 3 is 2.13 bits per heavy atom. The molecule has 0 spiro atoms. The van der Waals surface area contributed by atoms with Crippen LogP contribution in [0.1, 0.15) is 44.6 Å². The third kappa shape index (κ3) is 7.28. The van der Waals surface area contributed by atoms with Crippen LogP contribution < -0.4 is 10.6 Å². The molecule has 7 nitrogen and oxygen atoms in total. The lowest BCUT2D eigenvalue weighted by Crippen LogP contribution is -2.45. The van der Waals surface area contributed by atoms with Crippen molar-refractivity contribution in [3.8, 4) is 0 Å². The summed E-state index contributed by atoms with van der Waals surface area (Å²) in [7, 11) is 0. The molecule has 0 unspecified atom stereocenters. The molecule has 0 atom stereocenters.